The van der Waals surface area contributed by atoms with E-state index in [-0.39, 0.29) is 23.9 Å². The summed E-state index contributed by atoms with van der Waals surface area (Å²) in [4.78, 5) is 29.7. The van der Waals surface area contributed by atoms with E-state index < -0.39 is 11.4 Å². The number of amides is 2. The van der Waals surface area contributed by atoms with Gasteiger partial charge in [-0.05, 0) is 44.0 Å². The second-order valence-electron chi connectivity index (χ2n) is 8.30. The van der Waals surface area contributed by atoms with Gasteiger partial charge in [-0.3, -0.25) is 14.5 Å². The van der Waals surface area contributed by atoms with Crippen molar-refractivity contribution in [1.29, 1.82) is 5.26 Å². The average Bonchev–Trinajstić information content (AvgIpc) is 3.02. The van der Waals surface area contributed by atoms with Crippen LogP contribution in [0.5, 0.6) is 0 Å². The second kappa shape index (κ2) is 8.21. The number of hydrogen-bond donors (Lipinski definition) is 1. The number of carbonyl (C=O) groups is 2. The van der Waals surface area contributed by atoms with Crippen molar-refractivity contribution in [1.82, 2.24) is 14.7 Å². The number of piperazine rings is 1. The van der Waals surface area contributed by atoms with Crippen LogP contribution in [0.4, 0.5) is 4.39 Å². The molecule has 3 rings (SSSR count). The Hall–Kier alpha value is -2.92. The van der Waals surface area contributed by atoms with Crippen LogP contribution in [0.1, 0.15) is 31.4 Å². The first kappa shape index (κ1) is 20.8. The topological polar surface area (TPSA) is 93.7 Å². The van der Waals surface area contributed by atoms with Gasteiger partial charge in [0.2, 0.25) is 12.3 Å². The Balaban J connectivity index is 1.72. The summed E-state index contributed by atoms with van der Waals surface area (Å²) < 4.78 is 13.5. The molecule has 2 fully saturated rings. The molecule has 1 aromatic rings. The lowest BCUT2D eigenvalue weighted by Crippen LogP contribution is -2.54. The number of nitriles is 1. The lowest BCUT2D eigenvalue weighted by Gasteiger charge is -2.39. The van der Waals surface area contributed by atoms with E-state index in [1.165, 1.54) is 12.1 Å². The Labute approximate surface area is 170 Å². The average molecular weight is 399 g/mol. The highest BCUT2D eigenvalue weighted by Gasteiger charge is 2.39. The van der Waals surface area contributed by atoms with Crippen molar-refractivity contribution in [2.45, 2.75) is 38.3 Å². The Bertz CT molecular complexity index is 871. The van der Waals surface area contributed by atoms with Crippen LogP contribution in [0.3, 0.4) is 0 Å². The number of benzene rings is 1. The zero-order valence-corrected chi connectivity index (χ0v) is 16.8. The van der Waals surface area contributed by atoms with E-state index in [0.717, 1.165) is 17.8 Å². The lowest BCUT2D eigenvalue weighted by atomic mass is 10.0. The van der Waals surface area contributed by atoms with E-state index in [9.17, 15) is 14.0 Å². The number of fused-ring (bicyclic) bond motifs is 1. The third-order valence-corrected chi connectivity index (χ3v) is 5.24. The minimum atomic E-state index is -0.554. The minimum Gasteiger partial charge on any atom is -0.350 e. The van der Waals surface area contributed by atoms with Gasteiger partial charge in [-0.1, -0.05) is 6.07 Å². The lowest BCUT2D eigenvalue weighted by molar-refractivity contribution is -0.134. The minimum absolute atomic E-state index is 0.00685. The fraction of sp³-hybridized carbons (Fsp3) is 0.476. The molecule has 29 heavy (non-hydrogen) atoms. The van der Waals surface area contributed by atoms with Gasteiger partial charge in [-0.15, -0.1) is 0 Å². The quantitative estimate of drug-likeness (QED) is 0.751. The first-order valence-corrected chi connectivity index (χ1v) is 9.66. The number of rotatable bonds is 5. The Morgan fingerprint density at radius 2 is 2.14 bits per heavy atom. The maximum Gasteiger partial charge on any atom is 0.224 e. The van der Waals surface area contributed by atoms with Gasteiger partial charge in [0.25, 0.3) is 0 Å². The third-order valence-electron chi connectivity index (χ3n) is 5.24. The molecule has 1 aromatic carbocycles. The summed E-state index contributed by atoms with van der Waals surface area (Å²) in [6, 6.07) is 6.32. The molecule has 0 radical (unpaired) electrons. The van der Waals surface area contributed by atoms with E-state index in [1.807, 2.05) is 30.9 Å². The van der Waals surface area contributed by atoms with Crippen molar-refractivity contribution in [3.63, 3.8) is 0 Å². The van der Waals surface area contributed by atoms with Crippen LogP contribution in [0, 0.1) is 17.1 Å². The van der Waals surface area contributed by atoms with Crippen molar-refractivity contribution in [2.24, 2.45) is 5.73 Å². The maximum absolute atomic E-state index is 13.5. The van der Waals surface area contributed by atoms with Crippen LogP contribution in [0.2, 0.25) is 0 Å². The summed E-state index contributed by atoms with van der Waals surface area (Å²) in [6.07, 6.45) is 3.47. The zero-order valence-electron chi connectivity index (χ0n) is 16.8. The fourth-order valence-electron chi connectivity index (χ4n) is 3.85. The normalized spacial score (nSPS) is 20.6. The molecule has 2 aliphatic rings. The van der Waals surface area contributed by atoms with Gasteiger partial charge in [0.1, 0.15) is 17.7 Å². The third kappa shape index (κ3) is 4.74. The highest BCUT2D eigenvalue weighted by atomic mass is 19.1. The van der Waals surface area contributed by atoms with Gasteiger partial charge in [-0.2, -0.15) is 5.26 Å². The summed E-state index contributed by atoms with van der Waals surface area (Å²) in [5, 5.41) is 8.99. The molecule has 2 saturated heterocycles. The van der Waals surface area contributed by atoms with E-state index >= 15 is 0 Å². The number of carbonyl (C=O) groups excluding carboxylic acids is 2. The van der Waals surface area contributed by atoms with E-state index in [2.05, 4.69) is 4.90 Å². The van der Waals surface area contributed by atoms with Crippen molar-refractivity contribution in [3.8, 4) is 6.07 Å². The maximum atomic E-state index is 13.5. The molecular weight excluding hydrogens is 373 g/mol. The molecule has 1 atom stereocenters. The summed E-state index contributed by atoms with van der Waals surface area (Å²) in [5.74, 6) is 0.280. The Kier molecular flexibility index (Phi) is 5.89. The molecule has 2 aliphatic heterocycles. The molecular formula is C21H26FN5O2. The number of nitrogens with two attached hydrogens (primary N) is 1. The smallest absolute Gasteiger partial charge is 0.224 e. The van der Waals surface area contributed by atoms with E-state index in [0.29, 0.717) is 32.6 Å². The summed E-state index contributed by atoms with van der Waals surface area (Å²) in [5.41, 5.74) is 6.22. The molecule has 0 aliphatic carbocycles. The van der Waals surface area contributed by atoms with Gasteiger partial charge in [-0.25, -0.2) is 4.39 Å². The van der Waals surface area contributed by atoms with Crippen molar-refractivity contribution < 1.29 is 14.0 Å². The standard InChI is InChI=1S/C21H26FN5O2/c1-21(2,24)10-20(29)25-7-8-27-17(12-25)13-26(14-28)19(27)6-4-15-3-5-18(22)16(9-15)11-23/h3,5-6,9,14,17H,4,7-8,10,12-13,24H2,1-2H3/b19-6+. The van der Waals surface area contributed by atoms with Gasteiger partial charge in [0.05, 0.1) is 11.6 Å². The van der Waals surface area contributed by atoms with E-state index in [1.54, 1.807) is 11.0 Å². The van der Waals surface area contributed by atoms with Crippen LogP contribution in [0.15, 0.2) is 30.1 Å². The molecule has 7 nitrogen and oxygen atoms in total. The molecule has 2 N–H and O–H groups in total. The number of allylic oxidation sites excluding steroid dienone is 1. The predicted molar refractivity (Wildman–Crippen MR) is 106 cm³/mol. The first-order chi connectivity index (χ1) is 13.7. The fourth-order valence-corrected chi connectivity index (χ4v) is 3.85. The van der Waals surface area contributed by atoms with Gasteiger partial charge in [0.15, 0.2) is 0 Å². The molecule has 154 valence electrons. The van der Waals surface area contributed by atoms with Crippen LogP contribution in [-0.2, 0) is 16.0 Å². The van der Waals surface area contributed by atoms with Gasteiger partial charge in [0, 0.05) is 38.1 Å². The van der Waals surface area contributed by atoms with Gasteiger partial charge >= 0.3 is 0 Å². The van der Waals surface area contributed by atoms with E-state index in [4.69, 9.17) is 11.0 Å². The number of halogens is 1. The Morgan fingerprint density at radius 3 is 2.79 bits per heavy atom. The van der Waals surface area contributed by atoms with Crippen LogP contribution in [-0.4, -0.2) is 64.8 Å². The van der Waals surface area contributed by atoms with Crippen molar-refractivity contribution in [3.05, 3.63) is 47.0 Å². The summed E-state index contributed by atoms with van der Waals surface area (Å²) >= 11 is 0. The summed E-state index contributed by atoms with van der Waals surface area (Å²) in [6.45, 7) is 5.93. The highest BCUT2D eigenvalue weighted by molar-refractivity contribution is 5.77. The first-order valence-electron chi connectivity index (χ1n) is 9.66. The monoisotopic (exact) mass is 399 g/mol. The van der Waals surface area contributed by atoms with Crippen molar-refractivity contribution in [2.75, 3.05) is 26.2 Å². The van der Waals surface area contributed by atoms with Crippen LogP contribution in [0.25, 0.3) is 0 Å². The molecule has 2 amide bonds. The molecule has 0 spiro atoms. The van der Waals surface area contributed by atoms with Crippen LogP contribution >= 0.6 is 0 Å². The van der Waals surface area contributed by atoms with Gasteiger partial charge < -0.3 is 15.5 Å². The van der Waals surface area contributed by atoms with Crippen LogP contribution < -0.4 is 5.73 Å². The summed E-state index contributed by atoms with van der Waals surface area (Å²) in [7, 11) is 0. The SMILES string of the molecule is CC(C)(N)CC(=O)N1CCN2/C(=C/Cc3ccc(F)c(C#N)c3)N(C=O)CC2C1. The Morgan fingerprint density at radius 1 is 1.38 bits per heavy atom. The largest absolute Gasteiger partial charge is 0.350 e. The highest BCUT2D eigenvalue weighted by Crippen LogP contribution is 2.27. The number of hydrogen-bond acceptors (Lipinski definition) is 5. The molecule has 0 bridgehead atoms. The molecule has 8 heteroatoms. The number of nitrogens with zero attached hydrogens (tertiary/aromatic N) is 4. The molecule has 0 saturated carbocycles. The zero-order chi connectivity index (χ0) is 21.2. The molecule has 1 unspecified atom stereocenters. The predicted octanol–water partition coefficient (Wildman–Crippen LogP) is 1.19. The molecule has 0 aromatic heterocycles. The van der Waals surface area contributed by atoms with Crippen molar-refractivity contribution >= 4 is 12.3 Å². The molecule has 2 heterocycles. The second-order valence-corrected chi connectivity index (χ2v) is 8.30.